The normalized spacial score (nSPS) is 15.3. The minimum absolute atomic E-state index is 0.0319. The molecule has 1 aliphatic rings. The van der Waals surface area contributed by atoms with E-state index >= 15 is 0 Å². The Kier molecular flexibility index (Phi) is 7.63. The zero-order valence-electron chi connectivity index (χ0n) is 15.2. The van der Waals surface area contributed by atoms with Gasteiger partial charge in [-0.05, 0) is 44.4 Å². The molecule has 6 nitrogen and oxygen atoms in total. The van der Waals surface area contributed by atoms with Crippen LogP contribution in [0, 0.1) is 12.8 Å². The van der Waals surface area contributed by atoms with E-state index in [2.05, 4.69) is 31.9 Å². The third-order valence-electron chi connectivity index (χ3n) is 4.60. The Morgan fingerprint density at radius 2 is 1.92 bits per heavy atom. The van der Waals surface area contributed by atoms with Gasteiger partial charge in [-0.15, -0.1) is 0 Å². The van der Waals surface area contributed by atoms with Crippen molar-refractivity contribution in [2.45, 2.75) is 52.0 Å². The molecule has 26 heavy (non-hydrogen) atoms. The summed E-state index contributed by atoms with van der Waals surface area (Å²) in [6, 6.07) is 5.06. The van der Waals surface area contributed by atoms with E-state index in [4.69, 9.17) is 0 Å². The number of carbonyl (C=O) groups is 3. The lowest BCUT2D eigenvalue weighted by Crippen LogP contribution is -2.46. The van der Waals surface area contributed by atoms with E-state index in [1.165, 1.54) is 0 Å². The van der Waals surface area contributed by atoms with Crippen molar-refractivity contribution < 1.29 is 14.4 Å². The first-order chi connectivity index (χ1) is 12.4. The maximum absolute atomic E-state index is 12.1. The van der Waals surface area contributed by atoms with E-state index in [0.717, 1.165) is 41.4 Å². The van der Waals surface area contributed by atoms with Crippen LogP contribution < -0.4 is 16.0 Å². The van der Waals surface area contributed by atoms with Gasteiger partial charge >= 0.3 is 0 Å². The van der Waals surface area contributed by atoms with E-state index in [1.54, 1.807) is 6.92 Å². The van der Waals surface area contributed by atoms with Gasteiger partial charge in [0.15, 0.2) is 0 Å². The van der Waals surface area contributed by atoms with Crippen LogP contribution in [-0.4, -0.2) is 30.3 Å². The number of hydrogen-bond acceptors (Lipinski definition) is 3. The van der Waals surface area contributed by atoms with Gasteiger partial charge in [-0.2, -0.15) is 0 Å². The van der Waals surface area contributed by atoms with Crippen molar-refractivity contribution in [2.24, 2.45) is 5.92 Å². The van der Waals surface area contributed by atoms with Crippen molar-refractivity contribution in [3.05, 3.63) is 28.2 Å². The number of nitrogens with one attached hydrogen (secondary N) is 3. The van der Waals surface area contributed by atoms with Gasteiger partial charge in [0, 0.05) is 29.0 Å². The number of carbonyl (C=O) groups excluding carboxylic acids is 3. The maximum Gasteiger partial charge on any atom is 0.242 e. The second-order valence-electron chi connectivity index (χ2n) is 6.76. The lowest BCUT2D eigenvalue weighted by atomic mass is 10.1. The fraction of sp³-hybridized carbons (Fsp3) is 0.526. The molecule has 1 atom stereocenters. The van der Waals surface area contributed by atoms with Crippen LogP contribution >= 0.6 is 15.9 Å². The largest absolute Gasteiger partial charge is 0.354 e. The van der Waals surface area contributed by atoms with Crippen LogP contribution in [0.5, 0.6) is 0 Å². The summed E-state index contributed by atoms with van der Waals surface area (Å²) >= 11 is 3.37. The molecule has 1 fully saturated rings. The van der Waals surface area contributed by atoms with E-state index in [0.29, 0.717) is 0 Å². The molecule has 0 bridgehead atoms. The van der Waals surface area contributed by atoms with Crippen molar-refractivity contribution in [3.63, 3.8) is 0 Å². The molecule has 1 saturated carbocycles. The molecule has 0 radical (unpaired) electrons. The van der Waals surface area contributed by atoms with Crippen LogP contribution in [0.25, 0.3) is 0 Å². The smallest absolute Gasteiger partial charge is 0.242 e. The number of rotatable bonds is 7. The SMILES string of the molecule is Cc1ccc(Br)cc1NC(=O)CCNC(=O)C(C)NC(=O)C1CCCC1. The van der Waals surface area contributed by atoms with Crippen LogP contribution in [-0.2, 0) is 14.4 Å². The van der Waals surface area contributed by atoms with Gasteiger partial charge < -0.3 is 16.0 Å². The fourth-order valence-corrected chi connectivity index (χ4v) is 3.34. The van der Waals surface area contributed by atoms with Crippen molar-refractivity contribution in [2.75, 3.05) is 11.9 Å². The quantitative estimate of drug-likeness (QED) is 0.629. The predicted molar refractivity (Wildman–Crippen MR) is 105 cm³/mol. The van der Waals surface area contributed by atoms with Crippen molar-refractivity contribution in [1.29, 1.82) is 0 Å². The second kappa shape index (κ2) is 9.71. The molecule has 1 aromatic carbocycles. The Balaban J connectivity index is 1.70. The molecule has 3 amide bonds. The lowest BCUT2D eigenvalue weighted by molar-refractivity contribution is -0.130. The first-order valence-corrected chi connectivity index (χ1v) is 9.80. The fourth-order valence-electron chi connectivity index (χ4n) is 2.98. The van der Waals surface area contributed by atoms with Gasteiger partial charge in [-0.25, -0.2) is 0 Å². The molecule has 0 saturated heterocycles. The first-order valence-electron chi connectivity index (χ1n) is 9.01. The third kappa shape index (κ3) is 6.12. The molecule has 1 unspecified atom stereocenters. The number of amides is 3. The maximum atomic E-state index is 12.1. The minimum Gasteiger partial charge on any atom is -0.354 e. The number of halogens is 1. The Morgan fingerprint density at radius 3 is 2.62 bits per heavy atom. The van der Waals surface area contributed by atoms with Gasteiger partial charge in [0.05, 0.1) is 0 Å². The second-order valence-corrected chi connectivity index (χ2v) is 7.68. The van der Waals surface area contributed by atoms with Crippen LogP contribution in [0.4, 0.5) is 5.69 Å². The molecule has 1 aliphatic carbocycles. The van der Waals surface area contributed by atoms with Crippen LogP contribution in [0.15, 0.2) is 22.7 Å². The van der Waals surface area contributed by atoms with Gasteiger partial charge in [0.1, 0.15) is 6.04 Å². The summed E-state index contributed by atoms with van der Waals surface area (Å²) < 4.78 is 0.888. The topological polar surface area (TPSA) is 87.3 Å². The van der Waals surface area contributed by atoms with Crippen molar-refractivity contribution >= 4 is 39.3 Å². The summed E-state index contributed by atoms with van der Waals surface area (Å²) in [5, 5.41) is 8.29. The average molecular weight is 424 g/mol. The standard InChI is InChI=1S/C19H26BrN3O3/c1-12-7-8-15(20)11-16(12)23-17(24)9-10-21-18(25)13(2)22-19(26)14-5-3-4-6-14/h7-8,11,13-14H,3-6,9-10H2,1-2H3,(H,21,25)(H,22,26)(H,23,24). The van der Waals surface area contributed by atoms with Gasteiger partial charge in [0.25, 0.3) is 0 Å². The highest BCUT2D eigenvalue weighted by Crippen LogP contribution is 2.24. The zero-order valence-corrected chi connectivity index (χ0v) is 16.8. The Bertz CT molecular complexity index is 672. The Morgan fingerprint density at radius 1 is 1.23 bits per heavy atom. The van der Waals surface area contributed by atoms with E-state index in [1.807, 2.05) is 25.1 Å². The van der Waals surface area contributed by atoms with Gasteiger partial charge in [-0.3, -0.25) is 14.4 Å². The predicted octanol–water partition coefficient (Wildman–Crippen LogP) is 2.90. The molecule has 0 heterocycles. The molecule has 0 spiro atoms. The number of anilines is 1. The summed E-state index contributed by atoms with van der Waals surface area (Å²) in [5.41, 5.74) is 1.71. The van der Waals surface area contributed by atoms with Crippen LogP contribution in [0.2, 0.25) is 0 Å². The molecule has 142 valence electrons. The summed E-state index contributed by atoms with van der Waals surface area (Å²) in [5.74, 6) is -0.464. The zero-order chi connectivity index (χ0) is 19.1. The average Bonchev–Trinajstić information content (AvgIpc) is 3.12. The van der Waals surface area contributed by atoms with Crippen LogP contribution in [0.3, 0.4) is 0 Å². The molecule has 2 rings (SSSR count). The van der Waals surface area contributed by atoms with E-state index in [-0.39, 0.29) is 36.6 Å². The number of hydrogen-bond donors (Lipinski definition) is 3. The highest BCUT2D eigenvalue weighted by atomic mass is 79.9. The highest BCUT2D eigenvalue weighted by Gasteiger charge is 2.25. The van der Waals surface area contributed by atoms with E-state index in [9.17, 15) is 14.4 Å². The Hall–Kier alpha value is -1.89. The minimum atomic E-state index is -0.599. The molecule has 0 aromatic heterocycles. The third-order valence-corrected chi connectivity index (χ3v) is 5.10. The highest BCUT2D eigenvalue weighted by molar-refractivity contribution is 9.10. The first kappa shape index (κ1) is 20.4. The summed E-state index contributed by atoms with van der Waals surface area (Å²) in [4.78, 5) is 36.1. The molecule has 3 N–H and O–H groups in total. The molecule has 1 aromatic rings. The lowest BCUT2D eigenvalue weighted by Gasteiger charge is -2.17. The Labute approximate surface area is 162 Å². The van der Waals surface area contributed by atoms with Gasteiger partial charge in [-0.1, -0.05) is 34.8 Å². The molecule has 7 heteroatoms. The summed E-state index contributed by atoms with van der Waals surface area (Å²) in [6.45, 7) is 3.80. The van der Waals surface area contributed by atoms with Gasteiger partial charge in [0.2, 0.25) is 17.7 Å². The molecule has 0 aliphatic heterocycles. The molecular formula is C19H26BrN3O3. The van der Waals surface area contributed by atoms with E-state index < -0.39 is 6.04 Å². The van der Waals surface area contributed by atoms with Crippen molar-refractivity contribution in [1.82, 2.24) is 10.6 Å². The summed E-state index contributed by atoms with van der Waals surface area (Å²) in [6.07, 6.45) is 4.11. The number of benzene rings is 1. The number of aryl methyl sites for hydroxylation is 1. The van der Waals surface area contributed by atoms with Crippen molar-refractivity contribution in [3.8, 4) is 0 Å². The molecular weight excluding hydrogens is 398 g/mol. The van der Waals surface area contributed by atoms with Crippen LogP contribution in [0.1, 0.15) is 44.6 Å². The monoisotopic (exact) mass is 423 g/mol. The summed E-state index contributed by atoms with van der Waals surface area (Å²) in [7, 11) is 0.